The lowest BCUT2D eigenvalue weighted by Gasteiger charge is -2.30. The highest BCUT2D eigenvalue weighted by molar-refractivity contribution is 8.00. The second-order valence-electron chi connectivity index (χ2n) is 7.66. The lowest BCUT2D eigenvalue weighted by molar-refractivity contribution is -0.131. The second-order valence-corrected chi connectivity index (χ2v) is 8.73. The van der Waals surface area contributed by atoms with E-state index in [1.807, 2.05) is 53.4 Å². The van der Waals surface area contributed by atoms with Crippen LogP contribution in [0.3, 0.4) is 0 Å². The molecule has 0 N–H and O–H groups in total. The van der Waals surface area contributed by atoms with E-state index >= 15 is 0 Å². The van der Waals surface area contributed by atoms with Gasteiger partial charge in [-0.15, -0.1) is 0 Å². The molecule has 6 nitrogen and oxygen atoms in total. The molecule has 1 saturated heterocycles. The largest absolute Gasteiger partial charge is 0.383 e. The predicted molar refractivity (Wildman–Crippen MR) is 123 cm³/mol. The Balaban J connectivity index is 1.76. The van der Waals surface area contributed by atoms with Crippen molar-refractivity contribution in [2.45, 2.75) is 36.2 Å². The molecule has 31 heavy (non-hydrogen) atoms. The van der Waals surface area contributed by atoms with Gasteiger partial charge in [0.15, 0.2) is 5.16 Å². The third kappa shape index (κ3) is 4.83. The Bertz CT molecular complexity index is 1090. The van der Waals surface area contributed by atoms with E-state index in [2.05, 4.69) is 0 Å². The predicted octanol–water partition coefficient (Wildman–Crippen LogP) is 3.89. The minimum absolute atomic E-state index is 0.0802. The zero-order valence-electron chi connectivity index (χ0n) is 17.7. The first-order valence-corrected chi connectivity index (χ1v) is 11.6. The Labute approximate surface area is 186 Å². The fourth-order valence-corrected chi connectivity index (χ4v) is 5.10. The van der Waals surface area contributed by atoms with Crippen LogP contribution in [0.5, 0.6) is 0 Å². The number of aromatic nitrogens is 2. The number of ether oxygens (including phenoxy) is 1. The molecule has 0 spiro atoms. The summed E-state index contributed by atoms with van der Waals surface area (Å²) in [4.78, 5) is 33.5. The first-order valence-electron chi connectivity index (χ1n) is 10.7. The molecule has 2 heterocycles. The number of benzene rings is 2. The van der Waals surface area contributed by atoms with Crippen LogP contribution in [0, 0.1) is 0 Å². The first-order chi connectivity index (χ1) is 15.2. The van der Waals surface area contributed by atoms with Crippen molar-refractivity contribution in [3.05, 3.63) is 70.5 Å². The van der Waals surface area contributed by atoms with E-state index in [4.69, 9.17) is 9.72 Å². The number of nitrogens with zero attached hydrogens (tertiary/aromatic N) is 3. The summed E-state index contributed by atoms with van der Waals surface area (Å²) in [5, 5.41) is 0.655. The molecule has 162 valence electrons. The van der Waals surface area contributed by atoms with Gasteiger partial charge in [0.25, 0.3) is 5.56 Å². The summed E-state index contributed by atoms with van der Waals surface area (Å²) >= 11 is 1.35. The van der Waals surface area contributed by atoms with Gasteiger partial charge in [-0.2, -0.15) is 0 Å². The molecule has 1 aromatic heterocycles. The van der Waals surface area contributed by atoms with E-state index in [-0.39, 0.29) is 11.5 Å². The van der Waals surface area contributed by atoms with Gasteiger partial charge < -0.3 is 9.64 Å². The fourth-order valence-electron chi connectivity index (χ4n) is 3.89. The Morgan fingerprint density at radius 2 is 1.77 bits per heavy atom. The van der Waals surface area contributed by atoms with Crippen molar-refractivity contribution in [1.29, 1.82) is 0 Å². The van der Waals surface area contributed by atoms with E-state index in [0.717, 1.165) is 37.9 Å². The third-order valence-corrected chi connectivity index (χ3v) is 6.80. The van der Waals surface area contributed by atoms with Crippen molar-refractivity contribution in [2.75, 3.05) is 26.8 Å². The van der Waals surface area contributed by atoms with Crippen molar-refractivity contribution >= 4 is 28.6 Å². The number of carbonyl (C=O) groups is 1. The maximum atomic E-state index is 13.5. The molecule has 7 heteroatoms. The molecule has 0 radical (unpaired) electrons. The molecule has 3 aromatic rings. The van der Waals surface area contributed by atoms with E-state index in [0.29, 0.717) is 29.2 Å². The smallest absolute Gasteiger partial charge is 0.262 e. The minimum atomic E-state index is -0.457. The summed E-state index contributed by atoms with van der Waals surface area (Å²) < 4.78 is 6.86. The average molecular weight is 438 g/mol. The van der Waals surface area contributed by atoms with Crippen LogP contribution in [0.2, 0.25) is 0 Å². The highest BCUT2D eigenvalue weighted by Crippen LogP contribution is 2.36. The van der Waals surface area contributed by atoms with Crippen molar-refractivity contribution in [1.82, 2.24) is 14.5 Å². The quantitative estimate of drug-likeness (QED) is 0.415. The van der Waals surface area contributed by atoms with Crippen molar-refractivity contribution in [3.8, 4) is 0 Å². The molecule has 0 aliphatic carbocycles. The SMILES string of the molecule is COCCn1c(S[C@H](C(=O)N2CCCCC2)c2ccccc2)nc2ccccc2c1=O. The maximum absolute atomic E-state index is 13.5. The number of fused-ring (bicyclic) bond motifs is 1. The number of piperidine rings is 1. The zero-order chi connectivity index (χ0) is 21.6. The summed E-state index contributed by atoms with van der Waals surface area (Å²) in [6.07, 6.45) is 3.23. The number of carbonyl (C=O) groups excluding carboxylic acids is 1. The molecule has 1 atom stereocenters. The second kappa shape index (κ2) is 10.1. The lowest BCUT2D eigenvalue weighted by atomic mass is 10.1. The summed E-state index contributed by atoms with van der Waals surface area (Å²) in [6, 6.07) is 17.1. The molecule has 0 bridgehead atoms. The average Bonchev–Trinajstić information content (AvgIpc) is 2.83. The first kappa shape index (κ1) is 21.6. The monoisotopic (exact) mass is 437 g/mol. The molecule has 0 saturated carbocycles. The summed E-state index contributed by atoms with van der Waals surface area (Å²) in [5.74, 6) is 0.0802. The topological polar surface area (TPSA) is 64.4 Å². The summed E-state index contributed by atoms with van der Waals surface area (Å²) in [7, 11) is 1.61. The van der Waals surface area contributed by atoms with E-state index < -0.39 is 5.25 Å². The van der Waals surface area contributed by atoms with Gasteiger partial charge in [-0.1, -0.05) is 54.2 Å². The van der Waals surface area contributed by atoms with Gasteiger partial charge in [0, 0.05) is 20.2 Å². The Kier molecular flexibility index (Phi) is 7.04. The number of amides is 1. The minimum Gasteiger partial charge on any atom is -0.383 e. The van der Waals surface area contributed by atoms with Crippen molar-refractivity contribution < 1.29 is 9.53 Å². The Hall–Kier alpha value is -2.64. The van der Waals surface area contributed by atoms with E-state index in [1.165, 1.54) is 11.8 Å². The van der Waals surface area contributed by atoms with Crippen molar-refractivity contribution in [3.63, 3.8) is 0 Å². The molecular formula is C24H27N3O3S. The number of thioether (sulfide) groups is 1. The molecule has 2 aromatic carbocycles. The van der Waals surface area contributed by atoms with Gasteiger partial charge in [-0.3, -0.25) is 14.2 Å². The zero-order valence-corrected chi connectivity index (χ0v) is 18.5. The van der Waals surface area contributed by atoms with Crippen LogP contribution >= 0.6 is 11.8 Å². The molecule has 1 aliphatic heterocycles. The van der Waals surface area contributed by atoms with Crippen molar-refractivity contribution in [2.24, 2.45) is 0 Å². The van der Waals surface area contributed by atoms with Crippen LogP contribution in [-0.4, -0.2) is 47.2 Å². The number of para-hydroxylation sites is 1. The standard InChI is InChI=1S/C24H27N3O3S/c1-30-17-16-27-22(28)19-12-6-7-13-20(19)25-24(27)31-21(18-10-4-2-5-11-18)23(29)26-14-8-3-9-15-26/h2,4-7,10-13,21H,3,8-9,14-17H2,1H3/t21-/m0/s1. The molecule has 1 amide bonds. The number of methoxy groups -OCH3 is 1. The van der Waals surface area contributed by atoms with Gasteiger partial charge >= 0.3 is 0 Å². The lowest BCUT2D eigenvalue weighted by Crippen LogP contribution is -2.38. The van der Waals surface area contributed by atoms with Crippen LogP contribution in [0.25, 0.3) is 10.9 Å². The number of hydrogen-bond donors (Lipinski definition) is 0. The fraction of sp³-hybridized carbons (Fsp3) is 0.375. The molecule has 1 aliphatic rings. The van der Waals surface area contributed by atoms with E-state index in [1.54, 1.807) is 17.7 Å². The molecule has 4 rings (SSSR count). The number of likely N-dealkylation sites (tertiary alicyclic amines) is 1. The molecular weight excluding hydrogens is 410 g/mol. The van der Waals surface area contributed by atoms with Gasteiger partial charge in [0.05, 0.1) is 24.1 Å². The summed E-state index contributed by atoms with van der Waals surface area (Å²) in [6.45, 7) is 2.34. The van der Waals surface area contributed by atoms with Crippen LogP contribution < -0.4 is 5.56 Å². The normalized spacial score (nSPS) is 15.2. The Morgan fingerprint density at radius 3 is 2.52 bits per heavy atom. The van der Waals surface area contributed by atoms with Gasteiger partial charge in [0.2, 0.25) is 5.91 Å². The highest BCUT2D eigenvalue weighted by atomic mass is 32.2. The maximum Gasteiger partial charge on any atom is 0.262 e. The van der Waals surface area contributed by atoms with Crippen LogP contribution in [0.4, 0.5) is 0 Å². The number of rotatable bonds is 7. The Morgan fingerprint density at radius 1 is 1.06 bits per heavy atom. The van der Waals surface area contributed by atoms with Gasteiger partial charge in [0.1, 0.15) is 5.25 Å². The van der Waals surface area contributed by atoms with Crippen LogP contribution in [0.1, 0.15) is 30.1 Å². The molecule has 1 fully saturated rings. The number of hydrogen-bond acceptors (Lipinski definition) is 5. The van der Waals surface area contributed by atoms with Gasteiger partial charge in [-0.05, 0) is 37.0 Å². The third-order valence-electron chi connectivity index (χ3n) is 5.56. The van der Waals surface area contributed by atoms with Crippen LogP contribution in [0.15, 0.2) is 64.5 Å². The van der Waals surface area contributed by atoms with Gasteiger partial charge in [-0.25, -0.2) is 4.98 Å². The summed E-state index contributed by atoms with van der Waals surface area (Å²) in [5.41, 5.74) is 1.45. The van der Waals surface area contributed by atoms with E-state index in [9.17, 15) is 9.59 Å². The molecule has 0 unspecified atom stereocenters. The highest BCUT2D eigenvalue weighted by Gasteiger charge is 2.29. The van der Waals surface area contributed by atoms with Crippen LogP contribution in [-0.2, 0) is 16.1 Å².